The number of carbonyl (C=O) groups is 2. The van der Waals surface area contributed by atoms with Crippen LogP contribution in [0.5, 0.6) is 5.75 Å². The third-order valence-electron chi connectivity index (χ3n) is 3.91. The van der Waals surface area contributed by atoms with Crippen molar-refractivity contribution in [2.45, 2.75) is 32.8 Å². The SMILES string of the molecule is CCOC(=O)C1CCN(C(=O)[C@@H](C)Oc2ccccc2Cl)CC1. The van der Waals surface area contributed by atoms with Crippen molar-refractivity contribution >= 4 is 23.5 Å². The number of halogens is 1. The Morgan fingerprint density at radius 2 is 1.96 bits per heavy atom. The van der Waals surface area contributed by atoms with Crippen LogP contribution in [0.15, 0.2) is 24.3 Å². The predicted molar refractivity (Wildman–Crippen MR) is 87.5 cm³/mol. The summed E-state index contributed by atoms with van der Waals surface area (Å²) in [7, 11) is 0. The van der Waals surface area contributed by atoms with Gasteiger partial charge >= 0.3 is 5.97 Å². The molecule has 1 aliphatic rings. The number of esters is 1. The molecule has 1 aromatic rings. The summed E-state index contributed by atoms with van der Waals surface area (Å²) in [5.74, 6) is 0.127. The van der Waals surface area contributed by atoms with Crippen LogP contribution in [-0.4, -0.2) is 42.6 Å². The maximum atomic E-state index is 12.5. The quantitative estimate of drug-likeness (QED) is 0.774. The molecular formula is C17H22ClNO4. The molecule has 1 amide bonds. The lowest BCUT2D eigenvalue weighted by Crippen LogP contribution is -2.46. The van der Waals surface area contributed by atoms with Crippen molar-refractivity contribution in [1.82, 2.24) is 4.90 Å². The molecule has 0 unspecified atom stereocenters. The number of likely N-dealkylation sites (tertiary alicyclic amines) is 1. The molecule has 1 aliphatic heterocycles. The average Bonchev–Trinajstić information content (AvgIpc) is 2.56. The fourth-order valence-electron chi connectivity index (χ4n) is 2.63. The minimum atomic E-state index is -0.617. The van der Waals surface area contributed by atoms with Gasteiger partial charge in [0, 0.05) is 13.1 Å². The van der Waals surface area contributed by atoms with E-state index in [1.54, 1.807) is 30.9 Å². The van der Waals surface area contributed by atoms with Gasteiger partial charge in [0.1, 0.15) is 5.75 Å². The van der Waals surface area contributed by atoms with Crippen molar-refractivity contribution in [3.05, 3.63) is 29.3 Å². The minimum Gasteiger partial charge on any atom is -0.479 e. The Hall–Kier alpha value is -1.75. The molecule has 126 valence electrons. The molecule has 0 aromatic heterocycles. The molecule has 0 N–H and O–H groups in total. The maximum absolute atomic E-state index is 12.5. The number of rotatable bonds is 5. The zero-order valence-electron chi connectivity index (χ0n) is 13.5. The van der Waals surface area contributed by atoms with E-state index < -0.39 is 6.10 Å². The zero-order chi connectivity index (χ0) is 16.8. The highest BCUT2D eigenvalue weighted by molar-refractivity contribution is 6.32. The molecule has 1 atom stereocenters. The molecule has 0 aliphatic carbocycles. The van der Waals surface area contributed by atoms with E-state index in [1.807, 2.05) is 12.1 Å². The van der Waals surface area contributed by atoms with Crippen LogP contribution < -0.4 is 4.74 Å². The van der Waals surface area contributed by atoms with E-state index in [0.717, 1.165) is 0 Å². The standard InChI is InChI=1S/C17H22ClNO4/c1-3-22-17(21)13-8-10-19(11-9-13)16(20)12(2)23-15-7-5-4-6-14(15)18/h4-7,12-13H,3,8-11H2,1-2H3/t12-/m1/s1. The number of benzene rings is 1. The summed E-state index contributed by atoms with van der Waals surface area (Å²) in [5, 5.41) is 0.480. The first-order valence-corrected chi connectivity index (χ1v) is 8.27. The van der Waals surface area contributed by atoms with Gasteiger partial charge in [0.2, 0.25) is 0 Å². The van der Waals surface area contributed by atoms with Gasteiger partial charge in [0.15, 0.2) is 6.10 Å². The molecule has 0 spiro atoms. The fourth-order valence-corrected chi connectivity index (χ4v) is 2.81. The van der Waals surface area contributed by atoms with Crippen LogP contribution in [0.1, 0.15) is 26.7 Å². The summed E-state index contributed by atoms with van der Waals surface area (Å²) in [6, 6.07) is 7.07. The summed E-state index contributed by atoms with van der Waals surface area (Å²) < 4.78 is 10.7. The van der Waals surface area contributed by atoms with Gasteiger partial charge < -0.3 is 14.4 Å². The number of ether oxygens (including phenoxy) is 2. The van der Waals surface area contributed by atoms with Gasteiger partial charge in [-0.3, -0.25) is 9.59 Å². The number of hydrogen-bond acceptors (Lipinski definition) is 4. The van der Waals surface area contributed by atoms with E-state index in [2.05, 4.69) is 0 Å². The van der Waals surface area contributed by atoms with Crippen LogP contribution in [0.4, 0.5) is 0 Å². The highest BCUT2D eigenvalue weighted by atomic mass is 35.5. The topological polar surface area (TPSA) is 55.8 Å². The molecule has 6 heteroatoms. The van der Waals surface area contributed by atoms with Crippen molar-refractivity contribution in [1.29, 1.82) is 0 Å². The third-order valence-corrected chi connectivity index (χ3v) is 4.23. The van der Waals surface area contributed by atoms with E-state index in [0.29, 0.717) is 43.3 Å². The van der Waals surface area contributed by atoms with E-state index >= 15 is 0 Å². The first-order valence-electron chi connectivity index (χ1n) is 7.89. The Morgan fingerprint density at radius 1 is 1.30 bits per heavy atom. The van der Waals surface area contributed by atoms with Gasteiger partial charge in [0.25, 0.3) is 5.91 Å². The van der Waals surface area contributed by atoms with Crippen molar-refractivity contribution in [2.75, 3.05) is 19.7 Å². The highest BCUT2D eigenvalue weighted by Crippen LogP contribution is 2.25. The summed E-state index contributed by atoms with van der Waals surface area (Å²) in [4.78, 5) is 25.9. The lowest BCUT2D eigenvalue weighted by Gasteiger charge is -2.32. The number of piperidine rings is 1. The second-order valence-electron chi connectivity index (χ2n) is 5.54. The Kier molecular flexibility index (Phi) is 6.28. The fraction of sp³-hybridized carbons (Fsp3) is 0.529. The first kappa shape index (κ1) is 17.6. The maximum Gasteiger partial charge on any atom is 0.309 e. The van der Waals surface area contributed by atoms with Crippen LogP contribution in [0.25, 0.3) is 0 Å². The Balaban J connectivity index is 1.87. The summed E-state index contributed by atoms with van der Waals surface area (Å²) in [6.45, 7) is 4.98. The predicted octanol–water partition coefficient (Wildman–Crippen LogP) is 2.91. The van der Waals surface area contributed by atoms with Crippen molar-refractivity contribution in [2.24, 2.45) is 5.92 Å². The largest absolute Gasteiger partial charge is 0.479 e. The van der Waals surface area contributed by atoms with Crippen molar-refractivity contribution in [3.63, 3.8) is 0 Å². The van der Waals surface area contributed by atoms with E-state index in [-0.39, 0.29) is 17.8 Å². The molecule has 1 aromatic carbocycles. The Morgan fingerprint density at radius 3 is 2.57 bits per heavy atom. The Labute approximate surface area is 141 Å². The molecule has 0 saturated carbocycles. The minimum absolute atomic E-state index is 0.0905. The van der Waals surface area contributed by atoms with Gasteiger partial charge in [-0.25, -0.2) is 0 Å². The van der Waals surface area contributed by atoms with E-state index in [9.17, 15) is 9.59 Å². The molecular weight excluding hydrogens is 318 g/mol. The number of carbonyl (C=O) groups excluding carboxylic acids is 2. The summed E-state index contributed by atoms with van der Waals surface area (Å²) in [6.07, 6.45) is 0.640. The van der Waals surface area contributed by atoms with Crippen molar-refractivity contribution < 1.29 is 19.1 Å². The second kappa shape index (κ2) is 8.20. The Bertz CT molecular complexity index is 555. The molecule has 1 saturated heterocycles. The van der Waals surface area contributed by atoms with Gasteiger partial charge in [-0.1, -0.05) is 23.7 Å². The van der Waals surface area contributed by atoms with Crippen LogP contribution in [0.3, 0.4) is 0 Å². The molecule has 0 bridgehead atoms. The molecule has 23 heavy (non-hydrogen) atoms. The number of hydrogen-bond donors (Lipinski definition) is 0. The van der Waals surface area contributed by atoms with Crippen LogP contribution in [-0.2, 0) is 14.3 Å². The average molecular weight is 340 g/mol. The molecule has 2 rings (SSSR count). The van der Waals surface area contributed by atoms with E-state index in [1.165, 1.54) is 0 Å². The summed E-state index contributed by atoms with van der Waals surface area (Å²) in [5.41, 5.74) is 0. The number of para-hydroxylation sites is 1. The van der Waals surface area contributed by atoms with E-state index in [4.69, 9.17) is 21.1 Å². The normalized spacial score (nSPS) is 16.7. The van der Waals surface area contributed by atoms with Gasteiger partial charge in [-0.05, 0) is 38.8 Å². The second-order valence-corrected chi connectivity index (χ2v) is 5.95. The number of nitrogens with zero attached hydrogens (tertiary/aromatic N) is 1. The number of amides is 1. The molecule has 5 nitrogen and oxygen atoms in total. The van der Waals surface area contributed by atoms with Gasteiger partial charge in [-0.15, -0.1) is 0 Å². The smallest absolute Gasteiger partial charge is 0.309 e. The van der Waals surface area contributed by atoms with Crippen LogP contribution in [0.2, 0.25) is 5.02 Å². The highest BCUT2D eigenvalue weighted by Gasteiger charge is 2.30. The monoisotopic (exact) mass is 339 g/mol. The molecule has 1 fully saturated rings. The molecule has 1 heterocycles. The lowest BCUT2D eigenvalue weighted by atomic mass is 9.97. The van der Waals surface area contributed by atoms with Gasteiger partial charge in [0.05, 0.1) is 17.5 Å². The first-order chi connectivity index (χ1) is 11.0. The van der Waals surface area contributed by atoms with Crippen LogP contribution >= 0.6 is 11.6 Å². The third kappa shape index (κ3) is 4.61. The lowest BCUT2D eigenvalue weighted by molar-refractivity contribution is -0.152. The van der Waals surface area contributed by atoms with Gasteiger partial charge in [-0.2, -0.15) is 0 Å². The summed E-state index contributed by atoms with van der Waals surface area (Å²) >= 11 is 6.04. The molecule has 0 radical (unpaired) electrons. The van der Waals surface area contributed by atoms with Crippen LogP contribution in [0, 0.1) is 5.92 Å². The zero-order valence-corrected chi connectivity index (χ0v) is 14.2. The van der Waals surface area contributed by atoms with Crippen molar-refractivity contribution in [3.8, 4) is 5.75 Å².